The molecule has 0 radical (unpaired) electrons. The quantitative estimate of drug-likeness (QED) is 0.0822. The first-order chi connectivity index (χ1) is 61.6. The minimum Gasteiger partial charge on any atom is -0.618 e. The van der Waals surface area contributed by atoms with Crippen LogP contribution in [0.15, 0.2) is 281 Å². The first-order valence-electron chi connectivity index (χ1n) is 42.9. The second-order valence-corrected chi connectivity index (χ2v) is 40.9. The minimum atomic E-state index is -3.62. The lowest BCUT2D eigenvalue weighted by molar-refractivity contribution is -0.618. The molecule has 0 aliphatic carbocycles. The monoisotopic (exact) mass is 1870 g/mol. The molecular formula is C101H93Cl6N7O12S2. The summed E-state index contributed by atoms with van der Waals surface area (Å²) >= 11 is 37.5. The Morgan fingerprint density at radius 2 is 0.820 bits per heavy atom. The first kappa shape index (κ1) is 89.0. The van der Waals surface area contributed by atoms with Crippen molar-refractivity contribution < 1.29 is 54.6 Å². The van der Waals surface area contributed by atoms with E-state index >= 15 is 0 Å². The minimum absolute atomic E-state index is 0.117. The number of para-hydroxylation sites is 1. The summed E-state index contributed by atoms with van der Waals surface area (Å²) in [6, 6.07) is 79.9. The second-order valence-electron chi connectivity index (χ2n) is 34.5. The average Bonchev–Trinajstić information content (AvgIpc) is 1.61. The third-order valence-electron chi connectivity index (χ3n) is 26.3. The fourth-order valence-electron chi connectivity index (χ4n) is 19.8. The molecule has 13 aromatic rings. The summed E-state index contributed by atoms with van der Waals surface area (Å²) in [7, 11) is -7.20. The highest BCUT2D eigenvalue weighted by atomic mass is 35.5. The molecule has 0 saturated carbocycles. The van der Waals surface area contributed by atoms with E-state index in [1.807, 2.05) is 153 Å². The summed E-state index contributed by atoms with van der Waals surface area (Å²) in [6.45, 7) is 12.8. The number of aromatic nitrogens is 3. The molecule has 7 unspecified atom stereocenters. The Hall–Kier alpha value is -9.60. The lowest BCUT2D eigenvalue weighted by Gasteiger charge is -2.43. The molecule has 128 heavy (non-hydrogen) atoms. The molecule has 4 spiro atoms. The maximum Gasteiger partial charge on any atom is 0.243 e. The topological polar surface area (TPSA) is 215 Å². The zero-order valence-corrected chi connectivity index (χ0v) is 76.9. The van der Waals surface area contributed by atoms with Gasteiger partial charge in [0.1, 0.15) is 23.5 Å². The Bertz CT molecular complexity index is 6560. The van der Waals surface area contributed by atoms with Gasteiger partial charge in [0.25, 0.3) is 0 Å². The van der Waals surface area contributed by atoms with Gasteiger partial charge in [0, 0.05) is 108 Å². The van der Waals surface area contributed by atoms with Crippen molar-refractivity contribution in [3.63, 3.8) is 0 Å². The number of hydrogen-bond donors (Lipinski definition) is 0. The van der Waals surface area contributed by atoms with Gasteiger partial charge in [-0.05, 0) is 207 Å². The number of sulfonamides is 2. The number of halogens is 6. The van der Waals surface area contributed by atoms with Crippen LogP contribution in [0.4, 0.5) is 0 Å². The molecule has 4 fully saturated rings. The van der Waals surface area contributed by atoms with Crippen LogP contribution in [0, 0.1) is 31.2 Å². The van der Waals surface area contributed by atoms with Crippen LogP contribution >= 0.6 is 69.6 Å². The summed E-state index contributed by atoms with van der Waals surface area (Å²) in [6.07, 6.45) is 6.13. The molecule has 21 rings (SSSR count). The summed E-state index contributed by atoms with van der Waals surface area (Å²) in [4.78, 5) is 18.2. The van der Waals surface area contributed by atoms with E-state index in [2.05, 4.69) is 83.7 Å². The van der Waals surface area contributed by atoms with Crippen molar-refractivity contribution in [1.82, 2.24) is 23.6 Å². The smallest absolute Gasteiger partial charge is 0.243 e. The number of pyridine rings is 2. The van der Waals surface area contributed by atoms with E-state index in [1.54, 1.807) is 65.0 Å². The van der Waals surface area contributed by atoms with E-state index in [1.165, 1.54) is 33.4 Å². The molecule has 0 bridgehead atoms. The van der Waals surface area contributed by atoms with Gasteiger partial charge in [0.2, 0.25) is 37.3 Å². The van der Waals surface area contributed by atoms with Crippen molar-refractivity contribution in [3.05, 3.63) is 403 Å². The molecule has 8 aliphatic heterocycles. The van der Waals surface area contributed by atoms with E-state index in [4.69, 9.17) is 93.1 Å². The number of carbonyl (C=O) groups is 1. The van der Waals surface area contributed by atoms with Crippen molar-refractivity contribution >= 4 is 107 Å². The molecule has 3 aromatic heterocycles. The first-order valence-corrected chi connectivity index (χ1v) is 48.0. The molecule has 0 N–H and O–H groups in total. The van der Waals surface area contributed by atoms with Crippen LogP contribution < -0.4 is 9.46 Å². The van der Waals surface area contributed by atoms with Crippen LogP contribution in [0.3, 0.4) is 0 Å². The number of amides is 1. The number of likely N-dealkylation sites (tertiary alicyclic amines) is 2. The molecule has 8 aliphatic rings. The van der Waals surface area contributed by atoms with Gasteiger partial charge < -0.3 is 38.8 Å². The number of piperidine rings is 4. The highest BCUT2D eigenvalue weighted by Gasteiger charge is 2.55. The van der Waals surface area contributed by atoms with E-state index in [-0.39, 0.29) is 29.8 Å². The number of carbonyl (C=O) groups excluding carboxylic acids is 1. The molecule has 11 heterocycles. The predicted molar refractivity (Wildman–Crippen MR) is 495 cm³/mol. The van der Waals surface area contributed by atoms with Gasteiger partial charge in [-0.1, -0.05) is 249 Å². The van der Waals surface area contributed by atoms with Gasteiger partial charge in [0.15, 0.2) is 30.2 Å². The van der Waals surface area contributed by atoms with Crippen LogP contribution in [-0.4, -0.2) is 91.6 Å². The number of aryl methyl sites for hydroxylation is 3. The molecule has 10 aromatic carbocycles. The Morgan fingerprint density at radius 1 is 0.422 bits per heavy atom. The van der Waals surface area contributed by atoms with Crippen LogP contribution in [0.2, 0.25) is 30.1 Å². The largest absolute Gasteiger partial charge is 0.618 e. The van der Waals surface area contributed by atoms with Gasteiger partial charge >= 0.3 is 0 Å². The molecule has 7 atom stereocenters. The van der Waals surface area contributed by atoms with E-state index in [0.29, 0.717) is 116 Å². The molecule has 1 amide bonds. The number of nitrogens with zero attached hydrogens (tertiary/aromatic N) is 7. The van der Waals surface area contributed by atoms with Crippen LogP contribution in [0.5, 0.6) is 0 Å². The lowest BCUT2D eigenvalue weighted by Crippen LogP contribution is -2.50. The number of ether oxygens (including phenoxy) is 4. The van der Waals surface area contributed by atoms with E-state index < -0.39 is 49.1 Å². The maximum absolute atomic E-state index is 13.4. The molecular weight excluding hydrogens is 1780 g/mol. The summed E-state index contributed by atoms with van der Waals surface area (Å²) in [5.74, 6) is 0.117. The second kappa shape index (κ2) is 36.3. The predicted octanol–water partition coefficient (Wildman–Crippen LogP) is 21.7. The normalized spacial score (nSPS) is 22.2. The van der Waals surface area contributed by atoms with Gasteiger partial charge in [0.05, 0.1) is 43.1 Å². The number of fused-ring (bicyclic) bond motifs is 9. The Labute approximate surface area is 775 Å². The third-order valence-corrected chi connectivity index (χ3v) is 31.6. The maximum atomic E-state index is 13.4. The molecule has 19 nitrogen and oxygen atoms in total. The van der Waals surface area contributed by atoms with Crippen LogP contribution in [-0.2, 0) is 79.3 Å². The standard InChI is InChI=1S/C26H22Cl2N2O2.C26H23Cl2NO2.C25H25ClN2O4S.C24H23ClN2O4S/c27-18-13-17(14-19(28)15-18)25-20-5-1-3-7-22(20)26(31-25)9-11-30(12-10-26)16-23-21-6-2-4-8-24(21)32-29-23;1-17-6-8-18(9-7-17)16-29-11-10-26(15-24(29)30)23-5-3-2-4-22(23)25(31-26)19-12-20(27)14-21(28)13-19;1-17-7-9-20(10-8-17)33(30,31)28-14-12-25(16-18(28)2)22-6-4-3-5-21(22)24(32-25)23-15-19(26)11-13-27(23)29;1-17-6-8-19(9-7-17)32(29,30)26-14-11-24(12-15-26)21-5-3-2-4-20(21)23(31-24)22-16-18(25)10-13-27(22)28/h1-8,13-15,25H,9-12,16H2;2-9,12-14,25H,10-11,15-16H2,1H3;3-11,13,15,18,24H,12,14,16H2,1-2H3;2-10,13,16,23H,11-12,14-15H2,1H3. The van der Waals surface area contributed by atoms with Crippen molar-refractivity contribution in [3.8, 4) is 0 Å². The number of rotatable bonds is 12. The van der Waals surface area contributed by atoms with Crippen molar-refractivity contribution in [2.24, 2.45) is 0 Å². The zero-order valence-electron chi connectivity index (χ0n) is 70.7. The Morgan fingerprint density at radius 3 is 1.31 bits per heavy atom. The van der Waals surface area contributed by atoms with Crippen molar-refractivity contribution in [2.45, 2.75) is 155 Å². The van der Waals surface area contributed by atoms with Gasteiger partial charge in [-0.15, -0.1) is 0 Å². The third kappa shape index (κ3) is 17.6. The Kier molecular flexibility index (Phi) is 25.2. The molecule has 658 valence electrons. The van der Waals surface area contributed by atoms with E-state index in [0.717, 1.165) is 126 Å². The highest BCUT2D eigenvalue weighted by Crippen LogP contribution is 2.57. The highest BCUT2D eigenvalue weighted by molar-refractivity contribution is 7.89. The Balaban J connectivity index is 0.000000115. The summed E-state index contributed by atoms with van der Waals surface area (Å²) in [5, 5.41) is 33.8. The molecule has 27 heteroatoms. The van der Waals surface area contributed by atoms with Crippen molar-refractivity contribution in [1.29, 1.82) is 0 Å². The van der Waals surface area contributed by atoms with Gasteiger partial charge in [-0.3, -0.25) is 9.69 Å². The van der Waals surface area contributed by atoms with Gasteiger partial charge in [-0.2, -0.15) is 18.1 Å². The van der Waals surface area contributed by atoms with E-state index in [9.17, 15) is 32.0 Å². The van der Waals surface area contributed by atoms with Crippen LogP contribution in [0.25, 0.3) is 11.0 Å². The number of benzene rings is 10. The van der Waals surface area contributed by atoms with Crippen molar-refractivity contribution in [2.75, 3.05) is 39.3 Å². The zero-order chi connectivity index (χ0) is 89.2. The number of hydrogen-bond acceptors (Lipinski definition) is 14. The van der Waals surface area contributed by atoms with Gasteiger partial charge in [-0.25, -0.2) is 16.8 Å². The van der Waals surface area contributed by atoms with Crippen LogP contribution in [0.1, 0.15) is 178 Å². The fraction of sp³-hybridized carbons (Fsp3) is 0.287. The SMILES string of the molecule is Cc1ccc(CN2CCC3(CC2=O)OC(c2cc(Cl)cc(Cl)c2)c2ccccc23)cc1.Cc1ccc(S(=O)(=O)N2CCC3(CC2)OC(c2cc(Cl)cc[n+]2[O-])c2ccccc23)cc1.Cc1ccc(S(=O)(=O)N2CCC3(CC2C)OC(c2cc(Cl)cc[n+]2[O-])c2ccccc23)cc1.Clc1cc(Cl)cc(C2OC3(CCN(Cc4noc5ccccc45)CC3)c3ccccc32)c1. The fourth-order valence-corrected chi connectivity index (χ4v) is 24.3. The lowest BCUT2D eigenvalue weighted by atomic mass is 9.81. The molecule has 4 saturated heterocycles. The summed E-state index contributed by atoms with van der Waals surface area (Å²) < 4.78 is 89.8. The average molecular weight is 1870 g/mol. The summed E-state index contributed by atoms with van der Waals surface area (Å²) in [5.41, 5.74) is 15.3.